The van der Waals surface area contributed by atoms with Crippen molar-refractivity contribution in [2.24, 2.45) is 0 Å². The Labute approximate surface area is 103 Å². The highest BCUT2D eigenvalue weighted by molar-refractivity contribution is 5.94. The molecule has 0 atom stereocenters. The summed E-state index contributed by atoms with van der Waals surface area (Å²) in [6, 6.07) is 7.73. The van der Waals surface area contributed by atoms with Gasteiger partial charge in [0, 0.05) is 13.0 Å². The summed E-state index contributed by atoms with van der Waals surface area (Å²) in [5.74, 6) is -1.24. The number of furan rings is 1. The number of aromatic carboxylic acids is 1. The van der Waals surface area contributed by atoms with E-state index in [0.717, 1.165) is 11.8 Å². The molecule has 0 saturated heterocycles. The zero-order valence-electron chi connectivity index (χ0n) is 9.52. The van der Waals surface area contributed by atoms with E-state index in [1.165, 1.54) is 12.1 Å². The molecule has 94 valence electrons. The average molecular weight is 249 g/mol. The summed E-state index contributed by atoms with van der Waals surface area (Å²) >= 11 is 0. The van der Waals surface area contributed by atoms with Gasteiger partial charge in [0.05, 0.1) is 12.0 Å². The van der Waals surface area contributed by atoms with Crippen LogP contribution < -0.4 is 5.32 Å². The third-order valence-electron chi connectivity index (χ3n) is 2.49. The standard InChI is InChI=1S/C13H12FNO3/c14-10-4-1-5-11(12(10)13(16)17)15-7-6-9-3-2-8-18-9/h1-5,8,15H,6-7H2,(H,16,17). The Morgan fingerprint density at radius 1 is 1.33 bits per heavy atom. The van der Waals surface area contributed by atoms with Crippen LogP contribution in [0.25, 0.3) is 0 Å². The van der Waals surface area contributed by atoms with Crippen LogP contribution in [0.15, 0.2) is 41.0 Å². The quantitative estimate of drug-likeness (QED) is 0.855. The monoisotopic (exact) mass is 249 g/mol. The molecule has 0 unspecified atom stereocenters. The van der Waals surface area contributed by atoms with Gasteiger partial charge in [-0.05, 0) is 24.3 Å². The van der Waals surface area contributed by atoms with Crippen molar-refractivity contribution in [2.75, 3.05) is 11.9 Å². The van der Waals surface area contributed by atoms with E-state index >= 15 is 0 Å². The normalized spacial score (nSPS) is 10.3. The van der Waals surface area contributed by atoms with E-state index in [0.29, 0.717) is 13.0 Å². The van der Waals surface area contributed by atoms with Gasteiger partial charge in [0.15, 0.2) is 0 Å². The summed E-state index contributed by atoms with van der Waals surface area (Å²) in [5.41, 5.74) is -0.0639. The molecular formula is C13H12FNO3. The van der Waals surface area contributed by atoms with Gasteiger partial charge in [-0.25, -0.2) is 9.18 Å². The zero-order valence-corrected chi connectivity index (χ0v) is 9.52. The van der Waals surface area contributed by atoms with E-state index in [1.54, 1.807) is 12.3 Å². The SMILES string of the molecule is O=C(O)c1c(F)cccc1NCCc1ccco1. The van der Waals surface area contributed by atoms with Crippen LogP contribution in [0.4, 0.5) is 10.1 Å². The molecule has 2 aromatic rings. The molecule has 2 rings (SSSR count). The third kappa shape index (κ3) is 2.68. The molecule has 1 aromatic carbocycles. The second-order valence-corrected chi connectivity index (χ2v) is 3.72. The number of hydrogen-bond acceptors (Lipinski definition) is 3. The third-order valence-corrected chi connectivity index (χ3v) is 2.49. The van der Waals surface area contributed by atoms with Gasteiger partial charge in [0.25, 0.3) is 0 Å². The molecule has 2 N–H and O–H groups in total. The summed E-state index contributed by atoms with van der Waals surface area (Å²) in [4.78, 5) is 10.9. The van der Waals surface area contributed by atoms with E-state index in [4.69, 9.17) is 9.52 Å². The minimum Gasteiger partial charge on any atom is -0.478 e. The molecule has 5 heteroatoms. The van der Waals surface area contributed by atoms with Crippen molar-refractivity contribution in [1.82, 2.24) is 0 Å². The molecule has 4 nitrogen and oxygen atoms in total. The highest BCUT2D eigenvalue weighted by Gasteiger charge is 2.15. The predicted molar refractivity (Wildman–Crippen MR) is 64.3 cm³/mol. The Morgan fingerprint density at radius 3 is 2.83 bits per heavy atom. The Hall–Kier alpha value is -2.30. The smallest absolute Gasteiger partial charge is 0.340 e. The van der Waals surface area contributed by atoms with Crippen LogP contribution in [0, 0.1) is 5.82 Å². The fourth-order valence-electron chi connectivity index (χ4n) is 1.66. The molecule has 0 fully saturated rings. The summed E-state index contributed by atoms with van der Waals surface area (Å²) in [7, 11) is 0. The van der Waals surface area contributed by atoms with Crippen LogP contribution in [0.1, 0.15) is 16.1 Å². The van der Waals surface area contributed by atoms with Crippen LogP contribution in [-0.2, 0) is 6.42 Å². The van der Waals surface area contributed by atoms with Gasteiger partial charge in [-0.3, -0.25) is 0 Å². The zero-order chi connectivity index (χ0) is 13.0. The van der Waals surface area contributed by atoms with E-state index < -0.39 is 11.8 Å². The second-order valence-electron chi connectivity index (χ2n) is 3.72. The lowest BCUT2D eigenvalue weighted by Crippen LogP contribution is -2.10. The van der Waals surface area contributed by atoms with Gasteiger partial charge in [-0.1, -0.05) is 6.07 Å². The average Bonchev–Trinajstić information content (AvgIpc) is 2.81. The molecule has 1 aromatic heterocycles. The molecule has 18 heavy (non-hydrogen) atoms. The summed E-state index contributed by atoms with van der Waals surface area (Å²) in [6.45, 7) is 0.469. The van der Waals surface area contributed by atoms with E-state index in [9.17, 15) is 9.18 Å². The van der Waals surface area contributed by atoms with Gasteiger partial charge < -0.3 is 14.8 Å². The molecule has 0 aliphatic carbocycles. The van der Waals surface area contributed by atoms with Crippen LogP contribution in [0.2, 0.25) is 0 Å². The van der Waals surface area contributed by atoms with E-state index in [-0.39, 0.29) is 11.3 Å². The molecule has 0 aliphatic heterocycles. The number of benzene rings is 1. The van der Waals surface area contributed by atoms with Gasteiger partial charge >= 0.3 is 5.97 Å². The number of carboxylic acids is 1. The molecule has 1 heterocycles. The maximum atomic E-state index is 13.4. The first-order chi connectivity index (χ1) is 8.68. The number of carbonyl (C=O) groups is 1. The van der Waals surface area contributed by atoms with E-state index in [2.05, 4.69) is 5.32 Å². The number of anilines is 1. The van der Waals surface area contributed by atoms with Crippen molar-refractivity contribution < 1.29 is 18.7 Å². The minimum absolute atomic E-state index is 0.272. The van der Waals surface area contributed by atoms with Gasteiger partial charge in [-0.2, -0.15) is 0 Å². The van der Waals surface area contributed by atoms with Crippen LogP contribution in [0.5, 0.6) is 0 Å². The Morgan fingerprint density at radius 2 is 2.17 bits per heavy atom. The van der Waals surface area contributed by atoms with Gasteiger partial charge in [0.1, 0.15) is 17.1 Å². The van der Waals surface area contributed by atoms with Crippen molar-refractivity contribution in [3.63, 3.8) is 0 Å². The first-order valence-electron chi connectivity index (χ1n) is 5.46. The number of halogens is 1. The Kier molecular flexibility index (Phi) is 3.62. The predicted octanol–water partition coefficient (Wildman–Crippen LogP) is 2.77. The largest absolute Gasteiger partial charge is 0.478 e. The maximum Gasteiger partial charge on any atom is 0.340 e. The molecular weight excluding hydrogens is 237 g/mol. The van der Waals surface area contributed by atoms with Crippen LogP contribution in [-0.4, -0.2) is 17.6 Å². The lowest BCUT2D eigenvalue weighted by atomic mass is 10.1. The fourth-order valence-corrected chi connectivity index (χ4v) is 1.66. The van der Waals surface area contributed by atoms with E-state index in [1.807, 2.05) is 6.07 Å². The number of rotatable bonds is 5. The number of carboxylic acid groups (broad SMARTS) is 1. The van der Waals surface area contributed by atoms with Crippen molar-refractivity contribution in [3.8, 4) is 0 Å². The first-order valence-corrected chi connectivity index (χ1v) is 5.46. The fraction of sp³-hybridized carbons (Fsp3) is 0.154. The Bertz CT molecular complexity index is 537. The van der Waals surface area contributed by atoms with Crippen LogP contribution >= 0.6 is 0 Å². The number of hydrogen-bond donors (Lipinski definition) is 2. The van der Waals surface area contributed by atoms with Crippen molar-refractivity contribution in [3.05, 3.63) is 53.7 Å². The molecule has 0 radical (unpaired) electrons. The molecule has 0 saturated carbocycles. The topological polar surface area (TPSA) is 62.5 Å². The summed E-state index contributed by atoms with van der Waals surface area (Å²) in [5, 5.41) is 11.8. The number of nitrogens with one attached hydrogen (secondary N) is 1. The van der Waals surface area contributed by atoms with Crippen LogP contribution in [0.3, 0.4) is 0 Å². The molecule has 0 spiro atoms. The second kappa shape index (κ2) is 5.35. The maximum absolute atomic E-state index is 13.4. The lowest BCUT2D eigenvalue weighted by molar-refractivity contribution is 0.0693. The van der Waals surface area contributed by atoms with Crippen molar-refractivity contribution >= 4 is 11.7 Å². The van der Waals surface area contributed by atoms with Gasteiger partial charge in [-0.15, -0.1) is 0 Å². The summed E-state index contributed by atoms with van der Waals surface area (Å²) in [6.07, 6.45) is 2.17. The highest BCUT2D eigenvalue weighted by atomic mass is 19.1. The summed E-state index contributed by atoms with van der Waals surface area (Å²) < 4.78 is 18.5. The highest BCUT2D eigenvalue weighted by Crippen LogP contribution is 2.18. The lowest BCUT2D eigenvalue weighted by Gasteiger charge is -2.09. The molecule has 0 amide bonds. The first kappa shape index (κ1) is 12.2. The van der Waals surface area contributed by atoms with Gasteiger partial charge in [0.2, 0.25) is 0 Å². The molecule has 0 bridgehead atoms. The van der Waals surface area contributed by atoms with Crippen molar-refractivity contribution in [1.29, 1.82) is 0 Å². The Balaban J connectivity index is 2.05. The minimum atomic E-state index is -1.28. The van der Waals surface area contributed by atoms with Crippen molar-refractivity contribution in [2.45, 2.75) is 6.42 Å². The molecule has 0 aliphatic rings.